The Hall–Kier alpha value is -2.42. The van der Waals surface area contributed by atoms with Gasteiger partial charge in [-0.15, -0.1) is 24.0 Å². The summed E-state index contributed by atoms with van der Waals surface area (Å²) in [5.41, 5.74) is 3.48. The van der Waals surface area contributed by atoms with Crippen LogP contribution in [0.1, 0.15) is 36.5 Å². The van der Waals surface area contributed by atoms with Crippen LogP contribution < -0.4 is 10.6 Å². The fourth-order valence-corrected chi connectivity index (χ4v) is 3.64. The molecular weight excluding hydrogens is 504 g/mol. The maximum atomic E-state index is 13.6. The Kier molecular flexibility index (Phi) is 8.06. The minimum atomic E-state index is -0.171. The van der Waals surface area contributed by atoms with E-state index in [0.717, 1.165) is 49.6 Å². The SMILES string of the molecule is CCNC(=NCc1ccc(Cn2ccnc2)cc1)NCC1(c2cccc(F)c2)CC1.I. The van der Waals surface area contributed by atoms with E-state index >= 15 is 0 Å². The molecule has 0 aliphatic heterocycles. The van der Waals surface area contributed by atoms with Gasteiger partial charge in [-0.1, -0.05) is 36.4 Å². The second-order valence-electron chi connectivity index (χ2n) is 7.89. The molecule has 2 N–H and O–H groups in total. The summed E-state index contributed by atoms with van der Waals surface area (Å²) in [5, 5.41) is 6.77. The zero-order valence-electron chi connectivity index (χ0n) is 17.7. The van der Waals surface area contributed by atoms with E-state index in [9.17, 15) is 4.39 Å². The van der Waals surface area contributed by atoms with Gasteiger partial charge in [-0.25, -0.2) is 14.4 Å². The minimum Gasteiger partial charge on any atom is -0.357 e. The van der Waals surface area contributed by atoms with Crippen LogP contribution in [0.15, 0.2) is 72.2 Å². The molecule has 0 bridgehead atoms. The molecule has 1 aliphatic carbocycles. The maximum absolute atomic E-state index is 13.6. The normalized spacial score (nSPS) is 14.6. The van der Waals surface area contributed by atoms with Gasteiger partial charge in [-0.3, -0.25) is 0 Å². The third-order valence-electron chi connectivity index (χ3n) is 5.60. The number of rotatable bonds is 8. The molecule has 2 aromatic carbocycles. The van der Waals surface area contributed by atoms with Crippen LogP contribution in [-0.4, -0.2) is 28.6 Å². The van der Waals surface area contributed by atoms with Gasteiger partial charge in [0, 0.05) is 37.4 Å². The topological polar surface area (TPSA) is 54.2 Å². The van der Waals surface area contributed by atoms with E-state index in [1.807, 2.05) is 23.2 Å². The summed E-state index contributed by atoms with van der Waals surface area (Å²) in [7, 11) is 0. The number of nitrogens with one attached hydrogen (secondary N) is 2. The number of aliphatic imine (C=N–C) groups is 1. The Balaban J connectivity index is 0.00000272. The molecule has 1 fully saturated rings. The van der Waals surface area contributed by atoms with Gasteiger partial charge in [-0.2, -0.15) is 0 Å². The average Bonchev–Trinajstić information content (AvgIpc) is 3.38. The Morgan fingerprint density at radius 2 is 1.90 bits per heavy atom. The van der Waals surface area contributed by atoms with E-state index in [0.29, 0.717) is 6.54 Å². The lowest BCUT2D eigenvalue weighted by atomic mass is 9.96. The highest BCUT2D eigenvalue weighted by molar-refractivity contribution is 14.0. The predicted molar refractivity (Wildman–Crippen MR) is 133 cm³/mol. The van der Waals surface area contributed by atoms with Crippen LogP contribution in [-0.2, 0) is 18.5 Å². The summed E-state index contributed by atoms with van der Waals surface area (Å²) < 4.78 is 15.7. The monoisotopic (exact) mass is 533 g/mol. The van der Waals surface area contributed by atoms with E-state index in [1.54, 1.807) is 18.3 Å². The van der Waals surface area contributed by atoms with Gasteiger partial charge in [0.1, 0.15) is 5.82 Å². The van der Waals surface area contributed by atoms with Gasteiger partial charge in [-0.05, 0) is 48.6 Å². The van der Waals surface area contributed by atoms with Crippen molar-refractivity contribution in [2.45, 2.75) is 38.3 Å². The van der Waals surface area contributed by atoms with E-state index < -0.39 is 0 Å². The molecule has 1 saturated carbocycles. The van der Waals surface area contributed by atoms with Gasteiger partial charge in [0.15, 0.2) is 5.96 Å². The van der Waals surface area contributed by atoms with Crippen molar-refractivity contribution in [2.75, 3.05) is 13.1 Å². The summed E-state index contributed by atoms with van der Waals surface area (Å²) in [5.74, 6) is 0.624. The molecule has 1 heterocycles. The lowest BCUT2D eigenvalue weighted by molar-refractivity contribution is 0.607. The Morgan fingerprint density at radius 3 is 2.55 bits per heavy atom. The first-order chi connectivity index (χ1) is 14.7. The fraction of sp³-hybridized carbons (Fsp3) is 0.333. The number of nitrogens with zero attached hydrogens (tertiary/aromatic N) is 3. The second kappa shape index (κ2) is 10.7. The lowest BCUT2D eigenvalue weighted by Crippen LogP contribution is -2.41. The van der Waals surface area contributed by atoms with Gasteiger partial charge in [0.25, 0.3) is 0 Å². The minimum absolute atomic E-state index is 0. The van der Waals surface area contributed by atoms with Crippen molar-refractivity contribution in [3.05, 3.63) is 89.8 Å². The smallest absolute Gasteiger partial charge is 0.191 e. The third kappa shape index (κ3) is 6.29. The Labute approximate surface area is 200 Å². The molecule has 0 radical (unpaired) electrons. The number of guanidine groups is 1. The molecule has 7 heteroatoms. The largest absolute Gasteiger partial charge is 0.357 e. The van der Waals surface area contributed by atoms with Crippen molar-refractivity contribution < 1.29 is 4.39 Å². The Bertz CT molecular complexity index is 981. The third-order valence-corrected chi connectivity index (χ3v) is 5.60. The molecule has 0 unspecified atom stereocenters. The molecule has 0 amide bonds. The summed E-state index contributed by atoms with van der Waals surface area (Å²) in [6.07, 6.45) is 7.72. The molecule has 0 spiro atoms. The molecular formula is C24H29FIN5. The van der Waals surface area contributed by atoms with Crippen molar-refractivity contribution in [1.29, 1.82) is 0 Å². The van der Waals surface area contributed by atoms with Gasteiger partial charge < -0.3 is 15.2 Å². The first kappa shape index (κ1) is 23.2. The summed E-state index contributed by atoms with van der Waals surface area (Å²) >= 11 is 0. The molecule has 0 saturated heterocycles. The number of aromatic nitrogens is 2. The van der Waals surface area contributed by atoms with Crippen LogP contribution in [0.2, 0.25) is 0 Å². The van der Waals surface area contributed by atoms with Crippen molar-refractivity contribution in [1.82, 2.24) is 20.2 Å². The maximum Gasteiger partial charge on any atom is 0.191 e. The highest BCUT2D eigenvalue weighted by atomic mass is 127. The van der Waals surface area contributed by atoms with Crippen LogP contribution in [0.3, 0.4) is 0 Å². The summed E-state index contributed by atoms with van der Waals surface area (Å²) in [6, 6.07) is 15.5. The standard InChI is InChI=1S/C24H28FN5.HI/c1-2-27-23(29-17-24(10-11-24)21-4-3-5-22(25)14-21)28-15-19-6-8-20(9-7-19)16-30-13-12-26-18-30;/h3-9,12-14,18H,2,10-11,15-17H2,1H3,(H2,27,28,29);1H. The predicted octanol–water partition coefficient (Wildman–Crippen LogP) is 4.48. The highest BCUT2D eigenvalue weighted by Gasteiger charge is 2.44. The number of hydrogen-bond donors (Lipinski definition) is 2. The van der Waals surface area contributed by atoms with Crippen molar-refractivity contribution in [3.63, 3.8) is 0 Å². The molecule has 1 aromatic heterocycles. The van der Waals surface area contributed by atoms with E-state index in [4.69, 9.17) is 4.99 Å². The van der Waals surface area contributed by atoms with Crippen LogP contribution in [0, 0.1) is 5.82 Å². The van der Waals surface area contributed by atoms with Crippen LogP contribution in [0.5, 0.6) is 0 Å². The molecule has 4 rings (SSSR count). The molecule has 5 nitrogen and oxygen atoms in total. The van der Waals surface area contributed by atoms with Gasteiger partial charge >= 0.3 is 0 Å². The average molecular weight is 533 g/mol. The van der Waals surface area contributed by atoms with Gasteiger partial charge in [0.05, 0.1) is 12.9 Å². The van der Waals surface area contributed by atoms with Crippen molar-refractivity contribution in [3.8, 4) is 0 Å². The fourth-order valence-electron chi connectivity index (χ4n) is 3.64. The second-order valence-corrected chi connectivity index (χ2v) is 7.89. The number of benzene rings is 2. The first-order valence-corrected chi connectivity index (χ1v) is 10.5. The molecule has 31 heavy (non-hydrogen) atoms. The van der Waals surface area contributed by atoms with E-state index in [-0.39, 0.29) is 35.2 Å². The lowest BCUT2D eigenvalue weighted by Gasteiger charge is -2.19. The van der Waals surface area contributed by atoms with Crippen LogP contribution in [0.4, 0.5) is 4.39 Å². The zero-order valence-corrected chi connectivity index (χ0v) is 20.1. The quantitative estimate of drug-likeness (QED) is 0.255. The molecule has 0 atom stereocenters. The number of hydrogen-bond acceptors (Lipinski definition) is 2. The summed E-state index contributed by atoms with van der Waals surface area (Å²) in [6.45, 7) is 5.03. The molecule has 3 aromatic rings. The van der Waals surface area contributed by atoms with Crippen molar-refractivity contribution in [2.24, 2.45) is 4.99 Å². The first-order valence-electron chi connectivity index (χ1n) is 10.5. The van der Waals surface area contributed by atoms with E-state index in [2.05, 4.69) is 46.8 Å². The highest BCUT2D eigenvalue weighted by Crippen LogP contribution is 2.47. The molecule has 164 valence electrons. The van der Waals surface area contributed by atoms with E-state index in [1.165, 1.54) is 11.6 Å². The Morgan fingerprint density at radius 1 is 1.13 bits per heavy atom. The number of halogens is 2. The zero-order chi connectivity index (χ0) is 20.8. The van der Waals surface area contributed by atoms with Crippen molar-refractivity contribution >= 4 is 29.9 Å². The van der Waals surface area contributed by atoms with Crippen LogP contribution in [0.25, 0.3) is 0 Å². The summed E-state index contributed by atoms with van der Waals surface area (Å²) in [4.78, 5) is 8.81. The number of imidazole rings is 1. The van der Waals surface area contributed by atoms with Gasteiger partial charge in [0.2, 0.25) is 0 Å². The van der Waals surface area contributed by atoms with Crippen LogP contribution >= 0.6 is 24.0 Å². The molecule has 1 aliphatic rings.